The van der Waals surface area contributed by atoms with Gasteiger partial charge < -0.3 is 31.2 Å². The van der Waals surface area contributed by atoms with Gasteiger partial charge in [0, 0.05) is 29.1 Å². The van der Waals surface area contributed by atoms with Gasteiger partial charge in [0.1, 0.15) is 5.66 Å². The van der Waals surface area contributed by atoms with Crippen molar-refractivity contribution < 1.29 is 9.47 Å². The van der Waals surface area contributed by atoms with E-state index in [4.69, 9.17) is 20.9 Å². The molecule has 136 valence electrons. The van der Waals surface area contributed by atoms with E-state index in [0.717, 1.165) is 39.2 Å². The second-order valence-corrected chi connectivity index (χ2v) is 6.80. The predicted octanol–water partition coefficient (Wildman–Crippen LogP) is 2.05. The fraction of sp³-hybridized carbons (Fsp3) is 0.150. The van der Waals surface area contributed by atoms with Crippen LogP contribution in [0.2, 0.25) is 0 Å². The second-order valence-electron chi connectivity index (χ2n) is 6.80. The number of H-pyrrole nitrogens is 1. The molecule has 6 N–H and O–H groups in total. The van der Waals surface area contributed by atoms with Crippen LogP contribution in [0.15, 0.2) is 59.7 Å². The fourth-order valence-electron chi connectivity index (χ4n) is 3.64. The van der Waals surface area contributed by atoms with Gasteiger partial charge in [0.15, 0.2) is 17.5 Å². The van der Waals surface area contributed by atoms with Crippen molar-refractivity contribution >= 4 is 22.6 Å². The van der Waals surface area contributed by atoms with E-state index in [9.17, 15) is 0 Å². The van der Waals surface area contributed by atoms with Gasteiger partial charge in [0.05, 0.1) is 5.70 Å². The molecular weight excluding hydrogens is 342 g/mol. The molecule has 0 amide bonds. The molecule has 7 nitrogen and oxygen atoms in total. The first kappa shape index (κ1) is 15.8. The van der Waals surface area contributed by atoms with Crippen LogP contribution in [0, 0.1) is 0 Å². The van der Waals surface area contributed by atoms with E-state index in [1.165, 1.54) is 0 Å². The van der Waals surface area contributed by atoms with Crippen molar-refractivity contribution in [1.29, 1.82) is 0 Å². The van der Waals surface area contributed by atoms with Gasteiger partial charge in [-0.05, 0) is 35.9 Å². The zero-order valence-electron chi connectivity index (χ0n) is 14.5. The van der Waals surface area contributed by atoms with Gasteiger partial charge in [-0.15, -0.1) is 0 Å². The predicted molar refractivity (Wildman–Crippen MR) is 104 cm³/mol. The molecule has 2 aliphatic heterocycles. The summed E-state index contributed by atoms with van der Waals surface area (Å²) in [4.78, 5) is 7.70. The number of benzene rings is 2. The van der Waals surface area contributed by atoms with Crippen LogP contribution in [-0.2, 0) is 6.42 Å². The zero-order valence-corrected chi connectivity index (χ0v) is 14.5. The molecule has 1 atom stereocenters. The highest BCUT2D eigenvalue weighted by molar-refractivity contribution is 5.96. The number of fused-ring (bicyclic) bond motifs is 2. The Bertz CT molecular complexity index is 1100. The van der Waals surface area contributed by atoms with Crippen LogP contribution in [0.25, 0.3) is 16.6 Å². The van der Waals surface area contributed by atoms with Gasteiger partial charge in [-0.1, -0.05) is 18.2 Å². The highest BCUT2D eigenvalue weighted by Crippen LogP contribution is 2.34. The van der Waals surface area contributed by atoms with E-state index < -0.39 is 5.66 Å². The molecule has 7 heteroatoms. The molecular formula is C20H19N5O2. The molecule has 0 bridgehead atoms. The molecule has 0 radical (unpaired) electrons. The summed E-state index contributed by atoms with van der Waals surface area (Å²) in [6.07, 6.45) is 4.35. The van der Waals surface area contributed by atoms with Gasteiger partial charge >= 0.3 is 0 Å². The van der Waals surface area contributed by atoms with Gasteiger partial charge in [-0.2, -0.15) is 0 Å². The van der Waals surface area contributed by atoms with Crippen molar-refractivity contribution in [3.8, 4) is 11.5 Å². The van der Waals surface area contributed by atoms with Crippen LogP contribution in [-0.4, -0.2) is 23.4 Å². The molecule has 27 heavy (non-hydrogen) atoms. The number of nitrogens with zero attached hydrogens (tertiary/aromatic N) is 1. The van der Waals surface area contributed by atoms with Crippen LogP contribution in [0.4, 0.5) is 0 Å². The number of nitrogens with one attached hydrogen (secondary N) is 2. The van der Waals surface area contributed by atoms with Crippen LogP contribution in [0.1, 0.15) is 11.1 Å². The lowest BCUT2D eigenvalue weighted by molar-refractivity contribution is 0.174. The molecule has 1 aromatic heterocycles. The minimum atomic E-state index is -0.868. The molecule has 2 aromatic carbocycles. The summed E-state index contributed by atoms with van der Waals surface area (Å²) in [6, 6.07) is 13.9. The Hall–Kier alpha value is -3.45. The van der Waals surface area contributed by atoms with Crippen LogP contribution in [0.5, 0.6) is 11.5 Å². The molecule has 2 aliphatic rings. The topological polar surface area (TPSA) is 111 Å². The average molecular weight is 361 g/mol. The summed E-state index contributed by atoms with van der Waals surface area (Å²) in [7, 11) is 0. The van der Waals surface area contributed by atoms with E-state index in [-0.39, 0.29) is 6.79 Å². The zero-order chi connectivity index (χ0) is 18.4. The van der Waals surface area contributed by atoms with Gasteiger partial charge in [-0.3, -0.25) is 0 Å². The Kier molecular flexibility index (Phi) is 3.38. The Balaban J connectivity index is 1.52. The molecule has 0 saturated carbocycles. The SMILES string of the molecule is NC1=NC(c2cccc3[nH]ccc23)=CC(N)(Cc2ccc3c(c2)OCO3)N1. The van der Waals surface area contributed by atoms with E-state index in [1.807, 2.05) is 54.7 Å². The molecule has 0 saturated heterocycles. The highest BCUT2D eigenvalue weighted by atomic mass is 16.7. The van der Waals surface area contributed by atoms with Gasteiger partial charge in [0.25, 0.3) is 0 Å². The first-order valence-corrected chi connectivity index (χ1v) is 8.69. The monoisotopic (exact) mass is 361 g/mol. The van der Waals surface area contributed by atoms with Gasteiger partial charge in [0.2, 0.25) is 6.79 Å². The summed E-state index contributed by atoms with van der Waals surface area (Å²) < 4.78 is 10.8. The van der Waals surface area contributed by atoms with Crippen LogP contribution in [0.3, 0.4) is 0 Å². The Morgan fingerprint density at radius 2 is 2.00 bits per heavy atom. The molecule has 0 fully saturated rings. The maximum atomic E-state index is 6.65. The average Bonchev–Trinajstić information content (AvgIpc) is 3.28. The van der Waals surface area contributed by atoms with Crippen LogP contribution < -0.4 is 26.3 Å². The number of guanidine groups is 1. The quantitative estimate of drug-likeness (QED) is 0.571. The standard InChI is InChI=1S/C20H19N5O2/c21-19-24-16(13-2-1-3-15-14(13)6-7-23-15)10-20(22,25-19)9-12-4-5-17-18(8-12)27-11-26-17/h1-8,10,23H,9,11,22H2,(H3,21,24,25). The highest BCUT2D eigenvalue weighted by Gasteiger charge is 2.29. The third-order valence-electron chi connectivity index (χ3n) is 4.80. The molecule has 0 aliphatic carbocycles. The molecule has 3 heterocycles. The maximum Gasteiger partial charge on any atom is 0.231 e. The third kappa shape index (κ3) is 2.78. The lowest BCUT2D eigenvalue weighted by Gasteiger charge is -2.32. The van der Waals surface area contributed by atoms with Crippen molar-refractivity contribution in [2.24, 2.45) is 16.5 Å². The number of ether oxygens (including phenoxy) is 2. The van der Waals surface area contributed by atoms with E-state index in [1.54, 1.807) is 0 Å². The van der Waals surface area contributed by atoms with Crippen molar-refractivity contribution in [1.82, 2.24) is 10.3 Å². The molecule has 1 unspecified atom stereocenters. The Morgan fingerprint density at radius 3 is 2.93 bits per heavy atom. The number of rotatable bonds is 3. The van der Waals surface area contributed by atoms with Crippen molar-refractivity contribution in [3.05, 3.63) is 65.9 Å². The summed E-state index contributed by atoms with van der Waals surface area (Å²) in [5.74, 6) is 1.77. The first-order chi connectivity index (χ1) is 13.1. The molecule has 3 aromatic rings. The number of aromatic nitrogens is 1. The summed E-state index contributed by atoms with van der Waals surface area (Å²) in [6.45, 7) is 0.245. The first-order valence-electron chi connectivity index (χ1n) is 8.69. The maximum absolute atomic E-state index is 6.65. The largest absolute Gasteiger partial charge is 0.454 e. The van der Waals surface area contributed by atoms with Crippen LogP contribution >= 0.6 is 0 Å². The number of hydrogen-bond acceptors (Lipinski definition) is 6. The number of nitrogens with two attached hydrogens (primary N) is 2. The fourth-order valence-corrected chi connectivity index (χ4v) is 3.64. The van der Waals surface area contributed by atoms with E-state index in [0.29, 0.717) is 12.4 Å². The minimum absolute atomic E-state index is 0.245. The molecule has 5 rings (SSSR count). The smallest absolute Gasteiger partial charge is 0.231 e. The lowest BCUT2D eigenvalue weighted by Crippen LogP contribution is -2.59. The summed E-state index contributed by atoms with van der Waals surface area (Å²) in [5.41, 5.74) is 15.6. The third-order valence-corrected chi connectivity index (χ3v) is 4.80. The van der Waals surface area contributed by atoms with Crippen molar-refractivity contribution in [3.63, 3.8) is 0 Å². The van der Waals surface area contributed by atoms with E-state index >= 15 is 0 Å². The normalized spacial score (nSPS) is 20.9. The van der Waals surface area contributed by atoms with E-state index in [2.05, 4.69) is 15.3 Å². The molecule has 0 spiro atoms. The number of aliphatic imine (C=N–C) groups is 1. The summed E-state index contributed by atoms with van der Waals surface area (Å²) in [5, 5.41) is 4.18. The number of hydrogen-bond donors (Lipinski definition) is 4. The minimum Gasteiger partial charge on any atom is -0.454 e. The number of aromatic amines is 1. The Labute approximate surface area is 155 Å². The van der Waals surface area contributed by atoms with Crippen molar-refractivity contribution in [2.75, 3.05) is 6.79 Å². The van der Waals surface area contributed by atoms with Gasteiger partial charge in [-0.25, -0.2) is 4.99 Å². The second kappa shape index (κ2) is 5.78. The lowest BCUT2D eigenvalue weighted by atomic mass is 9.95. The summed E-state index contributed by atoms with van der Waals surface area (Å²) >= 11 is 0. The Morgan fingerprint density at radius 1 is 1.11 bits per heavy atom. The van der Waals surface area contributed by atoms with Crippen molar-refractivity contribution in [2.45, 2.75) is 12.1 Å².